The van der Waals surface area contributed by atoms with Crippen molar-refractivity contribution in [1.82, 2.24) is 4.98 Å². The number of carbonyl (C=O) groups is 1. The lowest BCUT2D eigenvalue weighted by Crippen LogP contribution is -2.13. The van der Waals surface area contributed by atoms with Crippen LogP contribution in [-0.4, -0.2) is 18.1 Å². The number of halogens is 2. The second-order valence-corrected chi connectivity index (χ2v) is 4.45. The molecule has 1 N–H and O–H groups in total. The van der Waals surface area contributed by atoms with Crippen molar-refractivity contribution in [3.63, 3.8) is 0 Å². The predicted octanol–water partition coefficient (Wildman–Crippen LogP) is 3.32. The zero-order chi connectivity index (χ0) is 15.4. The number of anilines is 1. The summed E-state index contributed by atoms with van der Waals surface area (Å²) >= 11 is 0. The first-order valence-corrected chi connectivity index (χ1v) is 6.27. The highest BCUT2D eigenvalue weighted by Crippen LogP contribution is 2.23. The normalized spacial score (nSPS) is 11.8. The fourth-order valence-corrected chi connectivity index (χ4v) is 1.87. The van der Waals surface area contributed by atoms with E-state index >= 15 is 0 Å². The van der Waals surface area contributed by atoms with E-state index in [0.29, 0.717) is 11.4 Å². The van der Waals surface area contributed by atoms with Gasteiger partial charge in [0.05, 0.1) is 30.6 Å². The number of ether oxygens (including phenoxy) is 1. The van der Waals surface area contributed by atoms with Gasteiger partial charge in [0.25, 0.3) is 0 Å². The molecule has 0 bridgehead atoms. The van der Waals surface area contributed by atoms with Crippen molar-refractivity contribution in [3.05, 3.63) is 59.4 Å². The standard InChI is InChI=1S/C15H14F2N2O2/c1-9(13-5-4-11(17)8-18-13)19-14-6-3-10(16)7-12(14)15(20)21-2/h3-9,19H,1-2H3. The van der Waals surface area contributed by atoms with E-state index in [2.05, 4.69) is 15.0 Å². The third-order valence-electron chi connectivity index (χ3n) is 2.95. The highest BCUT2D eigenvalue weighted by Gasteiger charge is 2.16. The molecular weight excluding hydrogens is 278 g/mol. The van der Waals surface area contributed by atoms with Crippen LogP contribution in [0.2, 0.25) is 0 Å². The quantitative estimate of drug-likeness (QED) is 0.878. The van der Waals surface area contributed by atoms with Crippen molar-refractivity contribution in [3.8, 4) is 0 Å². The maximum absolute atomic E-state index is 13.3. The van der Waals surface area contributed by atoms with Crippen molar-refractivity contribution in [1.29, 1.82) is 0 Å². The number of rotatable bonds is 4. The highest BCUT2D eigenvalue weighted by atomic mass is 19.1. The van der Waals surface area contributed by atoms with Crippen LogP contribution in [0, 0.1) is 11.6 Å². The molecule has 0 fully saturated rings. The number of hydrogen-bond donors (Lipinski definition) is 1. The fourth-order valence-electron chi connectivity index (χ4n) is 1.87. The Labute approximate surface area is 120 Å². The van der Waals surface area contributed by atoms with E-state index in [1.54, 1.807) is 6.92 Å². The predicted molar refractivity (Wildman–Crippen MR) is 74.0 cm³/mol. The molecule has 1 heterocycles. The Kier molecular flexibility index (Phi) is 4.47. The molecule has 1 unspecified atom stereocenters. The molecule has 1 aromatic heterocycles. The molecule has 0 spiro atoms. The average Bonchev–Trinajstić information content (AvgIpc) is 2.48. The summed E-state index contributed by atoms with van der Waals surface area (Å²) in [5, 5.41) is 3.04. The number of pyridine rings is 1. The summed E-state index contributed by atoms with van der Waals surface area (Å²) in [7, 11) is 1.22. The summed E-state index contributed by atoms with van der Waals surface area (Å²) in [6, 6.07) is 6.32. The number of esters is 1. The summed E-state index contributed by atoms with van der Waals surface area (Å²) in [5.74, 6) is -1.60. The van der Waals surface area contributed by atoms with Crippen LogP contribution in [0.4, 0.5) is 14.5 Å². The maximum Gasteiger partial charge on any atom is 0.340 e. The van der Waals surface area contributed by atoms with Gasteiger partial charge in [-0.2, -0.15) is 0 Å². The second kappa shape index (κ2) is 6.30. The summed E-state index contributed by atoms with van der Waals surface area (Å²) in [5.41, 5.74) is 1.10. The van der Waals surface area contributed by atoms with E-state index < -0.39 is 17.6 Å². The van der Waals surface area contributed by atoms with Crippen LogP contribution < -0.4 is 5.32 Å². The lowest BCUT2D eigenvalue weighted by Gasteiger charge is -2.17. The van der Waals surface area contributed by atoms with Gasteiger partial charge in [0, 0.05) is 5.69 Å². The van der Waals surface area contributed by atoms with Gasteiger partial charge in [-0.1, -0.05) is 0 Å². The van der Waals surface area contributed by atoms with Gasteiger partial charge in [0.15, 0.2) is 0 Å². The lowest BCUT2D eigenvalue weighted by atomic mass is 10.1. The molecule has 0 saturated carbocycles. The Morgan fingerprint density at radius 3 is 2.57 bits per heavy atom. The topological polar surface area (TPSA) is 51.2 Å². The van der Waals surface area contributed by atoms with E-state index in [1.165, 1.54) is 31.4 Å². The largest absolute Gasteiger partial charge is 0.465 e. The number of nitrogens with one attached hydrogen (secondary N) is 1. The molecule has 1 atom stereocenters. The molecule has 0 aliphatic rings. The zero-order valence-electron chi connectivity index (χ0n) is 11.6. The minimum atomic E-state index is -0.642. The molecule has 21 heavy (non-hydrogen) atoms. The summed E-state index contributed by atoms with van der Waals surface area (Å²) in [6.07, 6.45) is 1.11. The van der Waals surface area contributed by atoms with Crippen molar-refractivity contribution in [2.45, 2.75) is 13.0 Å². The van der Waals surface area contributed by atoms with E-state index in [9.17, 15) is 13.6 Å². The van der Waals surface area contributed by atoms with E-state index in [1.807, 2.05) is 0 Å². The Hall–Kier alpha value is -2.50. The van der Waals surface area contributed by atoms with E-state index in [0.717, 1.165) is 12.3 Å². The first-order valence-electron chi connectivity index (χ1n) is 6.27. The molecule has 0 aliphatic heterocycles. The van der Waals surface area contributed by atoms with Crippen LogP contribution in [0.3, 0.4) is 0 Å². The van der Waals surface area contributed by atoms with Crippen LogP contribution in [0.1, 0.15) is 29.0 Å². The highest BCUT2D eigenvalue weighted by molar-refractivity contribution is 5.95. The van der Waals surface area contributed by atoms with Crippen molar-refractivity contribution < 1.29 is 18.3 Å². The Morgan fingerprint density at radius 2 is 1.95 bits per heavy atom. The lowest BCUT2D eigenvalue weighted by molar-refractivity contribution is 0.0601. The summed E-state index contributed by atoms with van der Waals surface area (Å²) < 4.78 is 30.7. The number of nitrogens with zero attached hydrogens (tertiary/aromatic N) is 1. The molecule has 0 radical (unpaired) electrons. The van der Waals surface area contributed by atoms with Gasteiger partial charge >= 0.3 is 5.97 Å². The molecule has 4 nitrogen and oxygen atoms in total. The first kappa shape index (κ1) is 14.9. The molecule has 2 rings (SSSR count). The van der Waals surface area contributed by atoms with Gasteiger partial charge in [-0.05, 0) is 37.3 Å². The summed E-state index contributed by atoms with van der Waals surface area (Å²) in [6.45, 7) is 1.80. The third kappa shape index (κ3) is 3.53. The van der Waals surface area contributed by atoms with Crippen molar-refractivity contribution in [2.75, 3.05) is 12.4 Å². The van der Waals surface area contributed by atoms with Gasteiger partial charge < -0.3 is 10.1 Å². The molecule has 110 valence electrons. The molecule has 6 heteroatoms. The van der Waals surface area contributed by atoms with Crippen molar-refractivity contribution in [2.24, 2.45) is 0 Å². The van der Waals surface area contributed by atoms with Gasteiger partial charge in [0.1, 0.15) is 11.6 Å². The Morgan fingerprint density at radius 1 is 1.24 bits per heavy atom. The Bertz CT molecular complexity index is 645. The Balaban J connectivity index is 2.26. The minimum Gasteiger partial charge on any atom is -0.465 e. The van der Waals surface area contributed by atoms with Crippen LogP contribution in [0.5, 0.6) is 0 Å². The smallest absolute Gasteiger partial charge is 0.340 e. The minimum absolute atomic E-state index is 0.0893. The number of benzene rings is 1. The van der Waals surface area contributed by atoms with Gasteiger partial charge in [-0.15, -0.1) is 0 Å². The summed E-state index contributed by atoms with van der Waals surface area (Å²) in [4.78, 5) is 15.6. The van der Waals surface area contributed by atoms with Gasteiger partial charge in [-0.25, -0.2) is 13.6 Å². The van der Waals surface area contributed by atoms with Gasteiger partial charge in [0.2, 0.25) is 0 Å². The number of hydrogen-bond acceptors (Lipinski definition) is 4. The SMILES string of the molecule is COC(=O)c1cc(F)ccc1NC(C)c1ccc(F)cn1. The molecule has 2 aromatic rings. The number of carbonyl (C=O) groups excluding carboxylic acids is 1. The zero-order valence-corrected chi connectivity index (χ0v) is 11.6. The molecule has 1 aromatic carbocycles. The van der Waals surface area contributed by atoms with Crippen LogP contribution in [0.25, 0.3) is 0 Å². The van der Waals surface area contributed by atoms with Crippen molar-refractivity contribution >= 4 is 11.7 Å². The maximum atomic E-state index is 13.3. The van der Waals surface area contributed by atoms with Crippen LogP contribution in [-0.2, 0) is 4.74 Å². The second-order valence-electron chi connectivity index (χ2n) is 4.45. The number of aromatic nitrogens is 1. The molecular formula is C15H14F2N2O2. The first-order chi connectivity index (χ1) is 10.0. The monoisotopic (exact) mass is 292 g/mol. The van der Waals surface area contributed by atoms with Gasteiger partial charge in [-0.3, -0.25) is 4.98 Å². The van der Waals surface area contributed by atoms with E-state index in [4.69, 9.17) is 0 Å². The average molecular weight is 292 g/mol. The van der Waals surface area contributed by atoms with Crippen LogP contribution >= 0.6 is 0 Å². The van der Waals surface area contributed by atoms with E-state index in [-0.39, 0.29) is 11.6 Å². The molecule has 0 saturated heterocycles. The van der Waals surface area contributed by atoms with Crippen LogP contribution in [0.15, 0.2) is 36.5 Å². The molecule has 0 aliphatic carbocycles. The number of methoxy groups -OCH3 is 1. The fraction of sp³-hybridized carbons (Fsp3) is 0.200. The molecule has 0 amide bonds. The third-order valence-corrected chi connectivity index (χ3v) is 2.95.